The molecule has 0 aliphatic carbocycles. The summed E-state index contributed by atoms with van der Waals surface area (Å²) in [5.41, 5.74) is 5.71. The number of Topliss-reactive ketones (excluding diaryl/α,β-unsaturated/α-hetero) is 1. The highest BCUT2D eigenvalue weighted by Crippen LogP contribution is 2.45. The SMILES string of the molecule is CC[C@H]1OC(=O)[C@H](C)C(=O)[C@H](C)[C@@H](O[C@@H]2O[C@H](C)C[C@H](N(C)Cc3ccc(-c4cn(CCCCCCC(=O)NOC(c5ccccc5)(c5ccccc5)c5ccccc5)nn4)cc3)[C@H]2O)[C@](C)(OC)C[C@@H](C)C2=NCCN3C(=O)O[C@@]1(C)[C@H]3[C@H]2C. The van der Waals surface area contributed by atoms with Gasteiger partial charge in [-0.15, -0.1) is 5.10 Å². The van der Waals surface area contributed by atoms with Gasteiger partial charge in [-0.05, 0) is 95.0 Å². The molecule has 3 saturated heterocycles. The minimum atomic E-state index is -1.20. The summed E-state index contributed by atoms with van der Waals surface area (Å²) < 4.78 is 33.9. The molecule has 1 aromatic heterocycles. The molecule has 4 aliphatic heterocycles. The molecule has 5 aromatic rings. The maximum atomic E-state index is 14.6. The van der Waals surface area contributed by atoms with Crippen molar-refractivity contribution in [1.29, 1.82) is 0 Å². The second-order valence-electron chi connectivity index (χ2n) is 24.4. The van der Waals surface area contributed by atoms with Gasteiger partial charge in [0.1, 0.15) is 23.8 Å². The number of benzene rings is 4. The molecule has 0 spiro atoms. The number of hydrogen-bond donors (Lipinski definition) is 2. The first-order valence-corrected chi connectivity index (χ1v) is 30.5. The van der Waals surface area contributed by atoms with Crippen molar-refractivity contribution < 1.29 is 52.8 Å². The Balaban J connectivity index is 0.791. The number of rotatable bonds is 20. The highest BCUT2D eigenvalue weighted by atomic mass is 16.7. The largest absolute Gasteiger partial charge is 0.458 e. The van der Waals surface area contributed by atoms with E-state index in [1.54, 1.807) is 18.9 Å². The number of aliphatic hydroxyl groups excluding tert-OH is 1. The van der Waals surface area contributed by atoms with Crippen molar-refractivity contribution in [3.8, 4) is 11.3 Å². The van der Waals surface area contributed by atoms with E-state index in [2.05, 4.69) is 39.7 Å². The summed E-state index contributed by atoms with van der Waals surface area (Å²) in [5, 5.41) is 21.2. The number of ether oxygens (including phenoxy) is 5. The fraction of sp³-hybridized carbons (Fsp3) is 0.537. The molecule has 4 aromatic carbocycles. The molecule has 0 saturated carbocycles. The minimum Gasteiger partial charge on any atom is -0.458 e. The van der Waals surface area contributed by atoms with Crippen LogP contribution in [-0.2, 0) is 61.6 Å². The number of aryl methyl sites for hydroxylation is 1. The number of fused-ring (bicyclic) bond motifs is 1. The van der Waals surface area contributed by atoms with Crippen LogP contribution in [0.2, 0.25) is 0 Å². The Morgan fingerprint density at radius 3 is 2.08 bits per heavy atom. The number of hydrogen-bond acceptors (Lipinski definition) is 15. The second kappa shape index (κ2) is 27.4. The first-order chi connectivity index (χ1) is 40.8. The zero-order valence-electron chi connectivity index (χ0n) is 51.1. The molecular formula is C67H87N7O11. The summed E-state index contributed by atoms with van der Waals surface area (Å²) in [6.07, 6.45) is 2.00. The number of carbonyl (C=O) groups is 4. The van der Waals surface area contributed by atoms with E-state index in [4.69, 9.17) is 33.5 Å². The molecule has 13 atom stereocenters. The molecule has 85 heavy (non-hydrogen) atoms. The number of nitrogens with one attached hydrogen (secondary N) is 1. The zero-order valence-corrected chi connectivity index (χ0v) is 51.1. The molecule has 4 aliphatic rings. The van der Waals surface area contributed by atoms with Crippen molar-refractivity contribution in [3.63, 3.8) is 0 Å². The number of nitrogens with zero attached hydrogens (tertiary/aromatic N) is 6. The number of methoxy groups -OCH3 is 1. The van der Waals surface area contributed by atoms with Crippen molar-refractivity contribution in [1.82, 2.24) is 30.3 Å². The maximum absolute atomic E-state index is 14.6. The van der Waals surface area contributed by atoms with Crippen molar-refractivity contribution in [3.05, 3.63) is 144 Å². The van der Waals surface area contributed by atoms with Crippen LogP contribution in [0, 0.1) is 23.7 Å². The molecule has 9 rings (SSSR count). The first-order valence-electron chi connectivity index (χ1n) is 30.5. The standard InChI is InChI=1S/C67H87N7O11/c1-11-55-66(8)60-45(4)57(68-36-38-74(60)64(79)84-66)43(2)40-65(7,80-10)61(46(5)58(76)47(6)62(78)82-55)83-63-59(77)54(39-44(3)81-63)72(9)41-48-32-34-49(35-33-48)53-42-73(71-69-53)37-24-13-12-23-31-56(75)70-85-67(50-25-17-14-18-26-50,51-27-19-15-20-28-51)52-29-21-16-22-30-52/h14-22,25-30,32-35,42-47,54-55,59-61,63,77H,11-13,23-24,31,36-41H2,1-10H3,(H,70,75)/t43-,44-,45+,46+,47-,54+,55-,59-,60-,61-,63+,65-,66-/m1/s1. The molecule has 18 nitrogen and oxygen atoms in total. The van der Waals surface area contributed by atoms with E-state index in [1.807, 2.05) is 156 Å². The van der Waals surface area contributed by atoms with E-state index in [-0.39, 0.29) is 23.8 Å². The van der Waals surface area contributed by atoms with E-state index in [1.165, 1.54) is 6.92 Å². The van der Waals surface area contributed by atoms with Gasteiger partial charge >= 0.3 is 12.1 Å². The molecule has 2 N–H and O–H groups in total. The number of unbranched alkanes of at least 4 members (excludes halogenated alkanes) is 3. The summed E-state index contributed by atoms with van der Waals surface area (Å²) in [4.78, 5) is 70.9. The van der Waals surface area contributed by atoms with E-state index in [0.29, 0.717) is 58.3 Å². The Morgan fingerprint density at radius 2 is 1.47 bits per heavy atom. The number of carbonyl (C=O) groups excluding carboxylic acids is 4. The Morgan fingerprint density at radius 1 is 0.847 bits per heavy atom. The van der Waals surface area contributed by atoms with Gasteiger partial charge in [-0.25, -0.2) is 10.3 Å². The van der Waals surface area contributed by atoms with Gasteiger partial charge in [0.25, 0.3) is 0 Å². The second-order valence-corrected chi connectivity index (χ2v) is 24.4. The molecule has 456 valence electrons. The minimum absolute atomic E-state index is 0.178. The van der Waals surface area contributed by atoms with Gasteiger partial charge in [-0.2, -0.15) is 0 Å². The first kappa shape index (κ1) is 62.8. The summed E-state index contributed by atoms with van der Waals surface area (Å²) >= 11 is 0. The highest BCUT2D eigenvalue weighted by Gasteiger charge is 2.60. The molecule has 0 unspecified atom stereocenters. The topological polar surface area (TPSA) is 205 Å². The van der Waals surface area contributed by atoms with Gasteiger partial charge < -0.3 is 28.8 Å². The average molecular weight is 1170 g/mol. The third-order valence-corrected chi connectivity index (χ3v) is 18.4. The molecule has 3 fully saturated rings. The lowest BCUT2D eigenvalue weighted by Gasteiger charge is -2.47. The molecule has 0 radical (unpaired) electrons. The maximum Gasteiger partial charge on any atom is 0.410 e. The van der Waals surface area contributed by atoms with E-state index >= 15 is 0 Å². The Hall–Kier alpha value is -6.67. The van der Waals surface area contributed by atoms with Crippen LogP contribution in [0.3, 0.4) is 0 Å². The van der Waals surface area contributed by atoms with Crippen LogP contribution < -0.4 is 5.48 Å². The van der Waals surface area contributed by atoms with Crippen molar-refractivity contribution in [2.24, 2.45) is 28.7 Å². The monoisotopic (exact) mass is 1170 g/mol. The molecule has 5 heterocycles. The van der Waals surface area contributed by atoms with Crippen LogP contribution in [0.5, 0.6) is 0 Å². The lowest BCUT2D eigenvalue weighted by molar-refractivity contribution is -0.296. The molecule has 18 heteroatoms. The number of ketones is 1. The summed E-state index contributed by atoms with van der Waals surface area (Å²) in [5.74, 6) is -3.92. The van der Waals surface area contributed by atoms with E-state index in [0.717, 1.165) is 58.5 Å². The van der Waals surface area contributed by atoms with Crippen LogP contribution >= 0.6 is 0 Å². The Bertz CT molecular complexity index is 2980. The lowest BCUT2D eigenvalue weighted by atomic mass is 9.73. The normalized spacial score (nSPS) is 29.4. The van der Waals surface area contributed by atoms with Crippen LogP contribution in [0.1, 0.15) is 129 Å². The molecule has 2 bridgehead atoms. The Kier molecular flexibility index (Phi) is 20.2. The van der Waals surface area contributed by atoms with Gasteiger partial charge in [0.2, 0.25) is 5.91 Å². The summed E-state index contributed by atoms with van der Waals surface area (Å²) in [6.45, 7) is 16.8. The number of aliphatic hydroxyl groups is 1. The summed E-state index contributed by atoms with van der Waals surface area (Å²) in [7, 11) is 3.55. The van der Waals surface area contributed by atoms with Crippen molar-refractivity contribution >= 4 is 29.5 Å². The highest BCUT2D eigenvalue weighted by molar-refractivity contribution is 6.00. The predicted molar refractivity (Wildman–Crippen MR) is 322 cm³/mol. The van der Waals surface area contributed by atoms with Crippen LogP contribution in [-0.4, -0.2) is 141 Å². The number of cyclic esters (lactones) is 1. The number of hydroxylamine groups is 1. The fourth-order valence-corrected chi connectivity index (χ4v) is 13.7. The van der Waals surface area contributed by atoms with Gasteiger partial charge in [-0.1, -0.05) is 161 Å². The fourth-order valence-electron chi connectivity index (χ4n) is 13.7. The van der Waals surface area contributed by atoms with E-state index in [9.17, 15) is 24.3 Å². The van der Waals surface area contributed by atoms with Gasteiger partial charge in [0, 0.05) is 62.3 Å². The predicted octanol–water partition coefficient (Wildman–Crippen LogP) is 9.90. The third kappa shape index (κ3) is 13.5. The van der Waals surface area contributed by atoms with Crippen molar-refractivity contribution in [2.45, 2.75) is 179 Å². The number of aliphatic imine (C=N–C) groups is 1. The van der Waals surface area contributed by atoms with E-state index < -0.39 is 83.2 Å². The van der Waals surface area contributed by atoms with Gasteiger partial charge in [0.15, 0.2) is 23.3 Å². The van der Waals surface area contributed by atoms with Crippen LogP contribution in [0.4, 0.5) is 4.79 Å². The number of aromatic nitrogens is 3. The van der Waals surface area contributed by atoms with Gasteiger partial charge in [-0.3, -0.25) is 38.7 Å². The quantitative estimate of drug-likeness (QED) is 0.0245. The van der Waals surface area contributed by atoms with Crippen LogP contribution in [0.15, 0.2) is 126 Å². The average Bonchev–Trinajstić information content (AvgIpc) is 2.10. The van der Waals surface area contributed by atoms with Crippen LogP contribution in [0.25, 0.3) is 11.3 Å². The smallest absolute Gasteiger partial charge is 0.410 e. The number of esters is 1. The molecular weight excluding hydrogens is 1080 g/mol. The van der Waals surface area contributed by atoms with Crippen molar-refractivity contribution in [2.75, 3.05) is 27.2 Å². The summed E-state index contributed by atoms with van der Waals surface area (Å²) in [6, 6.07) is 37.2. The molecule has 2 amide bonds. The third-order valence-electron chi connectivity index (χ3n) is 18.4. The Labute approximate surface area is 500 Å². The lowest BCUT2D eigenvalue weighted by Crippen LogP contribution is -2.60. The number of likely N-dealkylation sites (N-methyl/N-ethyl adjacent to an activating group) is 1. The number of amides is 2. The zero-order chi connectivity index (χ0) is 60.6. The van der Waals surface area contributed by atoms with Gasteiger partial charge in [0.05, 0.1) is 36.6 Å².